The second-order valence-corrected chi connectivity index (χ2v) is 16.0. The van der Waals surface area contributed by atoms with Crippen molar-refractivity contribution in [3.63, 3.8) is 0 Å². The number of benzene rings is 4. The highest BCUT2D eigenvalue weighted by Gasteiger charge is 2.27. The molecule has 0 unspecified atom stereocenters. The summed E-state index contributed by atoms with van der Waals surface area (Å²) in [5.41, 5.74) is -2.17. The molecule has 1 heterocycles. The maximum Gasteiger partial charge on any atom is 0.328 e. The zero-order valence-corrected chi connectivity index (χ0v) is 42.9. The Morgan fingerprint density at radius 2 is 0.950 bits per heavy atom. The van der Waals surface area contributed by atoms with Gasteiger partial charge >= 0.3 is 53.7 Å². The zero-order chi connectivity index (χ0) is 58.6. The van der Waals surface area contributed by atoms with E-state index in [-0.39, 0.29) is 56.3 Å². The summed E-state index contributed by atoms with van der Waals surface area (Å²) < 4.78 is 97.8. The van der Waals surface area contributed by atoms with Crippen LogP contribution in [-0.4, -0.2) is 132 Å². The third kappa shape index (κ3) is 18.3. The summed E-state index contributed by atoms with van der Waals surface area (Å²) in [6, 6.07) is 10.6. The van der Waals surface area contributed by atoms with E-state index in [1.807, 2.05) is 0 Å². The molecule has 0 aromatic heterocycles. The van der Waals surface area contributed by atoms with Crippen LogP contribution in [0.4, 0.5) is 25.8 Å². The molecule has 0 N–H and O–H groups in total. The minimum atomic E-state index is -1.25. The van der Waals surface area contributed by atoms with E-state index < -0.39 is 161 Å². The van der Waals surface area contributed by atoms with Crippen molar-refractivity contribution in [1.82, 2.24) is 0 Å². The molecule has 30 heteroatoms. The molecule has 1 aliphatic carbocycles. The lowest BCUT2D eigenvalue weighted by atomic mass is 9.93. The van der Waals surface area contributed by atoms with E-state index in [1.54, 1.807) is 0 Å². The summed E-state index contributed by atoms with van der Waals surface area (Å²) in [5, 5.41) is 11.9. The molecule has 80 heavy (non-hydrogen) atoms. The van der Waals surface area contributed by atoms with Gasteiger partial charge in [0.25, 0.3) is 5.69 Å². The fraction of sp³-hybridized carbons (Fsp3) is 0.320. The second kappa shape index (κ2) is 28.8. The molecule has 3 aromatic rings. The third-order valence-corrected chi connectivity index (χ3v) is 10.2. The first-order valence-corrected chi connectivity index (χ1v) is 23.0. The summed E-state index contributed by atoms with van der Waals surface area (Å²) in [6.07, 6.45) is 0. The van der Waals surface area contributed by atoms with Crippen molar-refractivity contribution >= 4 is 81.8 Å². The van der Waals surface area contributed by atoms with Crippen molar-refractivity contribution in [2.45, 2.75) is 34.6 Å². The second-order valence-electron chi connectivity index (χ2n) is 16.0. The maximum atomic E-state index is 15.9. The first kappa shape index (κ1) is 60.7. The smallest absolute Gasteiger partial charge is 0.328 e. The molecule has 0 spiro atoms. The summed E-state index contributed by atoms with van der Waals surface area (Å²) in [4.78, 5) is 135. The molecule has 0 bridgehead atoms. The molecule has 0 radical (unpaired) electrons. The van der Waals surface area contributed by atoms with Crippen LogP contribution in [0.15, 0.2) is 69.9 Å². The number of halogens is 2. The minimum Gasteiger partial charge on any atom is -0.488 e. The summed E-state index contributed by atoms with van der Waals surface area (Å²) in [6.45, 7) is -3.28. The fourth-order valence-electron chi connectivity index (χ4n) is 6.80. The molecule has 1 aliphatic heterocycles. The molecule has 5 rings (SSSR count). The molecule has 0 amide bonds. The summed E-state index contributed by atoms with van der Waals surface area (Å²) in [7, 11) is 0. The van der Waals surface area contributed by atoms with Crippen LogP contribution in [0, 0.1) is 21.7 Å². The lowest BCUT2D eigenvalue weighted by Crippen LogP contribution is -2.37. The van der Waals surface area contributed by atoms with Gasteiger partial charge in [-0.2, -0.15) is 0 Å². The quantitative estimate of drug-likeness (QED) is 0.0130. The Labute approximate surface area is 449 Å². The lowest BCUT2D eigenvalue weighted by Gasteiger charge is -2.26. The molecule has 0 saturated heterocycles. The Kier molecular flexibility index (Phi) is 21.9. The van der Waals surface area contributed by atoms with Gasteiger partial charge < -0.3 is 71.1 Å². The number of anilines is 2. The van der Waals surface area contributed by atoms with Gasteiger partial charge in [0.2, 0.25) is 39.4 Å². The molecule has 0 saturated carbocycles. The fourth-order valence-corrected chi connectivity index (χ4v) is 6.80. The number of rotatable bonds is 28. The van der Waals surface area contributed by atoms with E-state index >= 15 is 8.78 Å². The zero-order valence-electron chi connectivity index (χ0n) is 42.9. The van der Waals surface area contributed by atoms with E-state index in [0.717, 1.165) is 86.9 Å². The number of esters is 9. The molecule has 0 atom stereocenters. The summed E-state index contributed by atoms with van der Waals surface area (Å²) in [5.74, 6) is -12.0. The number of hydrogen-bond donors (Lipinski definition) is 0. The topological polar surface area (TPSA) is 344 Å². The monoisotopic (exact) mass is 1130 g/mol. The SMILES string of the molecule is CC(=O)OCOC(=O)CN(CC(=O)OCOC(C)=O)c1ccc(-c2c3cc(F)c(=O)cc-3oc3cc(OCOC(C)=O)c(F)cc23)cc1OCCOc1cc([N+](=O)[O-])ccc1N(CC(=O)OCOC(C)=O)CC(=O)OCOC(C)=O. The van der Waals surface area contributed by atoms with E-state index in [1.165, 1.54) is 18.2 Å². The maximum absolute atomic E-state index is 15.9. The average Bonchev–Trinajstić information content (AvgIpc) is 3.58. The van der Waals surface area contributed by atoms with Crippen molar-refractivity contribution in [2.75, 3.05) is 83.2 Å². The molecule has 426 valence electrons. The first-order valence-electron chi connectivity index (χ1n) is 23.0. The molecule has 3 aromatic carbocycles. The van der Waals surface area contributed by atoms with E-state index in [0.29, 0.717) is 0 Å². The lowest BCUT2D eigenvalue weighted by molar-refractivity contribution is -0.384. The van der Waals surface area contributed by atoms with Crippen LogP contribution in [0.1, 0.15) is 34.6 Å². The average molecular weight is 1130 g/mol. The Bertz CT molecular complexity index is 3130. The predicted octanol–water partition coefficient (Wildman–Crippen LogP) is 3.98. The molecule has 0 fully saturated rings. The van der Waals surface area contributed by atoms with Gasteiger partial charge in [0.1, 0.15) is 62.2 Å². The third-order valence-electron chi connectivity index (χ3n) is 10.2. The van der Waals surface area contributed by atoms with E-state index in [4.69, 9.17) is 51.8 Å². The van der Waals surface area contributed by atoms with Crippen molar-refractivity contribution < 1.29 is 118 Å². The number of non-ortho nitro benzene ring substituents is 1. The van der Waals surface area contributed by atoms with Gasteiger partial charge in [-0.05, 0) is 35.9 Å². The Morgan fingerprint density at radius 3 is 1.40 bits per heavy atom. The number of nitrogens with zero attached hydrogens (tertiary/aromatic N) is 3. The van der Waals surface area contributed by atoms with Crippen LogP contribution in [0.3, 0.4) is 0 Å². The minimum absolute atomic E-state index is 0.00883. The number of nitro groups is 1. The van der Waals surface area contributed by atoms with Gasteiger partial charge in [-0.1, -0.05) is 6.07 Å². The Morgan fingerprint density at radius 1 is 0.512 bits per heavy atom. The largest absolute Gasteiger partial charge is 0.488 e. The van der Waals surface area contributed by atoms with Crippen LogP contribution in [0.5, 0.6) is 17.2 Å². The number of fused-ring (bicyclic) bond motifs is 2. The number of carbonyl (C=O) groups is 9. The van der Waals surface area contributed by atoms with Gasteiger partial charge in [-0.15, -0.1) is 0 Å². The van der Waals surface area contributed by atoms with Gasteiger partial charge in [-0.25, -0.2) is 8.78 Å². The van der Waals surface area contributed by atoms with Crippen molar-refractivity contribution in [1.29, 1.82) is 0 Å². The van der Waals surface area contributed by atoms with Crippen LogP contribution < -0.4 is 29.4 Å². The summed E-state index contributed by atoms with van der Waals surface area (Å²) >= 11 is 0. The number of carbonyl (C=O) groups excluding carboxylic acids is 9. The normalized spacial score (nSPS) is 10.6. The van der Waals surface area contributed by atoms with E-state index in [9.17, 15) is 58.1 Å². The molecular weight excluding hydrogens is 1080 g/mol. The highest BCUT2D eigenvalue weighted by atomic mass is 19.1. The van der Waals surface area contributed by atoms with Crippen LogP contribution in [0.2, 0.25) is 0 Å². The van der Waals surface area contributed by atoms with Gasteiger partial charge in [0.05, 0.1) is 22.4 Å². The van der Waals surface area contributed by atoms with Crippen LogP contribution in [0.25, 0.3) is 33.4 Å². The predicted molar refractivity (Wildman–Crippen MR) is 261 cm³/mol. The van der Waals surface area contributed by atoms with Gasteiger partial charge in [-0.3, -0.25) is 58.1 Å². The Hall–Kier alpha value is -10.2. The molecular formula is C50H47F2N3O25. The number of hydrogen-bond acceptors (Lipinski definition) is 27. The van der Waals surface area contributed by atoms with Crippen molar-refractivity contribution in [3.05, 3.63) is 92.6 Å². The number of nitro benzene ring substituents is 1. The van der Waals surface area contributed by atoms with Crippen LogP contribution >= 0.6 is 0 Å². The molecule has 2 aliphatic rings. The van der Waals surface area contributed by atoms with Crippen molar-refractivity contribution in [2.24, 2.45) is 0 Å². The first-order chi connectivity index (χ1) is 38.0. The van der Waals surface area contributed by atoms with Crippen molar-refractivity contribution in [3.8, 4) is 39.7 Å². The highest BCUT2D eigenvalue weighted by Crippen LogP contribution is 2.44. The Balaban J connectivity index is 1.63. The van der Waals surface area contributed by atoms with Gasteiger partial charge in [0.15, 0.2) is 17.4 Å². The van der Waals surface area contributed by atoms with Gasteiger partial charge in [0, 0.05) is 69.3 Å². The van der Waals surface area contributed by atoms with Crippen LogP contribution in [-0.2, 0) is 85.8 Å². The molecule has 28 nitrogen and oxygen atoms in total. The van der Waals surface area contributed by atoms with E-state index in [2.05, 4.69) is 9.47 Å². The standard InChI is InChI=1S/C50H47F2N3O25/c1-27(56)70-22-75-43-17-42-35(15-37(43)52)50(34-14-36(51)40(61)16-41(34)80-42)32-6-8-38(53(18-46(62)76-23-71-28(2)57)19-47(63)77-24-72-29(3)58)44(12-32)68-10-11-69-45-13-33(55(66)67)7-9-39(45)54(20-48(64)78-25-73-30(4)59)21-49(65)79-26-74-31(5)60/h6-9,12-17H,10-11,18-26H2,1-5H3. The number of ether oxygens (including phenoxy) is 12. The highest BCUT2D eigenvalue weighted by molar-refractivity contribution is 6.03.